The van der Waals surface area contributed by atoms with E-state index in [1.807, 2.05) is 16.8 Å². The number of piperazine rings is 1. The molecule has 8 nitrogen and oxygen atoms in total. The van der Waals surface area contributed by atoms with Crippen LogP contribution in [-0.4, -0.2) is 60.5 Å². The Morgan fingerprint density at radius 2 is 2.30 bits per heavy atom. The molecule has 2 saturated heterocycles. The second-order valence-electron chi connectivity index (χ2n) is 6.67. The first-order chi connectivity index (χ1) is 13.1. The van der Waals surface area contributed by atoms with Crippen molar-refractivity contribution in [2.45, 2.75) is 37.4 Å². The molecular formula is C18H23N5O3S. The van der Waals surface area contributed by atoms with E-state index in [1.165, 1.54) is 11.3 Å². The molecule has 3 rings (SSSR count). The maximum atomic E-state index is 12.2. The number of anilines is 1. The van der Waals surface area contributed by atoms with Gasteiger partial charge < -0.3 is 21.3 Å². The number of nitrogens with one attached hydrogen (secondary N) is 4. The summed E-state index contributed by atoms with van der Waals surface area (Å²) in [5, 5.41) is 15.0. The van der Waals surface area contributed by atoms with Crippen LogP contribution in [0.15, 0.2) is 16.8 Å². The fraction of sp³-hybridized carbons (Fsp3) is 0.500. The van der Waals surface area contributed by atoms with Crippen molar-refractivity contribution in [2.24, 2.45) is 0 Å². The molecule has 0 saturated carbocycles. The van der Waals surface area contributed by atoms with E-state index in [0.29, 0.717) is 32.4 Å². The average Bonchev–Trinajstić information content (AvgIpc) is 3.29. The summed E-state index contributed by atoms with van der Waals surface area (Å²) in [5.74, 6) is 2.26. The Kier molecular flexibility index (Phi) is 6.32. The number of terminal acetylenes is 1. The summed E-state index contributed by atoms with van der Waals surface area (Å²) in [5.41, 5.74) is 0.752. The maximum Gasteiger partial charge on any atom is 0.319 e. The van der Waals surface area contributed by atoms with Crippen LogP contribution < -0.4 is 21.3 Å². The Labute approximate surface area is 162 Å². The predicted octanol–water partition coefficient (Wildman–Crippen LogP) is 0.341. The standard InChI is InChI=1S/C18H23N5O3S/c1-2-6-19-16(24)4-3-14-9-20-17(25)15-8-13(10-23(14)15)22-18(26)21-12-5-7-27-11-12/h1,5,7,11,13-15H,3-4,6,8-10H2,(H,19,24)(H,20,25)(H2,21,22,26)/t13-,14+,15-/m0/s1. The van der Waals surface area contributed by atoms with Crippen LogP contribution in [-0.2, 0) is 9.59 Å². The highest BCUT2D eigenvalue weighted by Gasteiger charge is 2.43. The van der Waals surface area contributed by atoms with E-state index < -0.39 is 0 Å². The van der Waals surface area contributed by atoms with Gasteiger partial charge in [-0.05, 0) is 24.3 Å². The summed E-state index contributed by atoms with van der Waals surface area (Å²) in [7, 11) is 0. The summed E-state index contributed by atoms with van der Waals surface area (Å²) in [6.07, 6.45) is 6.67. The molecule has 2 fully saturated rings. The molecule has 144 valence electrons. The number of carbonyl (C=O) groups is 3. The van der Waals surface area contributed by atoms with Crippen molar-refractivity contribution in [1.29, 1.82) is 0 Å². The van der Waals surface area contributed by atoms with Gasteiger partial charge in [0.25, 0.3) is 0 Å². The molecule has 0 radical (unpaired) electrons. The van der Waals surface area contributed by atoms with Crippen molar-refractivity contribution in [3.05, 3.63) is 16.8 Å². The zero-order valence-electron chi connectivity index (χ0n) is 14.9. The highest BCUT2D eigenvalue weighted by molar-refractivity contribution is 7.08. The van der Waals surface area contributed by atoms with Crippen LogP contribution in [0.4, 0.5) is 10.5 Å². The molecule has 4 N–H and O–H groups in total. The highest BCUT2D eigenvalue weighted by atomic mass is 32.1. The first-order valence-electron chi connectivity index (χ1n) is 8.90. The van der Waals surface area contributed by atoms with Gasteiger partial charge in [-0.15, -0.1) is 6.42 Å². The van der Waals surface area contributed by atoms with Gasteiger partial charge >= 0.3 is 6.03 Å². The SMILES string of the molecule is C#CCNC(=O)CC[C@@H]1CNC(=O)[C@@H]2C[C@H](NC(=O)Nc3ccsc3)CN12. The minimum atomic E-state index is -0.274. The van der Waals surface area contributed by atoms with Crippen molar-refractivity contribution < 1.29 is 14.4 Å². The monoisotopic (exact) mass is 389 g/mol. The van der Waals surface area contributed by atoms with E-state index in [-0.39, 0.29) is 42.5 Å². The van der Waals surface area contributed by atoms with Crippen LogP contribution in [0.3, 0.4) is 0 Å². The van der Waals surface area contributed by atoms with Crippen molar-refractivity contribution in [2.75, 3.05) is 25.0 Å². The van der Waals surface area contributed by atoms with E-state index in [2.05, 4.69) is 32.1 Å². The topological polar surface area (TPSA) is 103 Å². The Balaban J connectivity index is 1.52. The normalized spacial score (nSPS) is 24.4. The number of hydrogen-bond acceptors (Lipinski definition) is 5. The van der Waals surface area contributed by atoms with Crippen LogP contribution in [0.2, 0.25) is 0 Å². The fourth-order valence-electron chi connectivity index (χ4n) is 3.57. The number of nitrogens with zero attached hydrogens (tertiary/aromatic N) is 1. The van der Waals surface area contributed by atoms with Gasteiger partial charge in [-0.2, -0.15) is 11.3 Å². The van der Waals surface area contributed by atoms with Gasteiger partial charge in [0, 0.05) is 37.0 Å². The third kappa shape index (κ3) is 4.99. The number of fused-ring (bicyclic) bond motifs is 1. The van der Waals surface area contributed by atoms with E-state index in [0.717, 1.165) is 5.69 Å². The van der Waals surface area contributed by atoms with Crippen LogP contribution in [0.1, 0.15) is 19.3 Å². The summed E-state index contributed by atoms with van der Waals surface area (Å²) >= 11 is 1.51. The predicted molar refractivity (Wildman–Crippen MR) is 103 cm³/mol. The van der Waals surface area contributed by atoms with E-state index in [1.54, 1.807) is 0 Å². The second-order valence-corrected chi connectivity index (χ2v) is 7.45. The molecule has 0 unspecified atom stereocenters. The van der Waals surface area contributed by atoms with Crippen molar-refractivity contribution in [3.8, 4) is 12.3 Å². The number of urea groups is 1. The molecule has 0 aliphatic carbocycles. The Hall–Kier alpha value is -2.57. The van der Waals surface area contributed by atoms with Crippen molar-refractivity contribution in [1.82, 2.24) is 20.9 Å². The molecule has 0 aromatic carbocycles. The minimum absolute atomic E-state index is 0.0226. The van der Waals surface area contributed by atoms with Gasteiger partial charge in [0.1, 0.15) is 0 Å². The van der Waals surface area contributed by atoms with Crippen molar-refractivity contribution in [3.63, 3.8) is 0 Å². The lowest BCUT2D eigenvalue weighted by Crippen LogP contribution is -2.58. The third-order valence-electron chi connectivity index (χ3n) is 4.83. The van der Waals surface area contributed by atoms with Crippen LogP contribution in [0, 0.1) is 12.3 Å². The van der Waals surface area contributed by atoms with E-state index in [9.17, 15) is 14.4 Å². The van der Waals surface area contributed by atoms with Gasteiger partial charge in [-0.3, -0.25) is 14.5 Å². The lowest BCUT2D eigenvalue weighted by Gasteiger charge is -2.37. The Bertz CT molecular complexity index is 730. The van der Waals surface area contributed by atoms with Gasteiger partial charge in [0.2, 0.25) is 11.8 Å². The molecule has 1 aromatic rings. The molecule has 2 aliphatic rings. The van der Waals surface area contributed by atoms with Crippen molar-refractivity contribution >= 4 is 34.9 Å². The zero-order valence-corrected chi connectivity index (χ0v) is 15.7. The number of hydrogen-bond donors (Lipinski definition) is 4. The summed E-state index contributed by atoms with van der Waals surface area (Å²) in [6, 6.07) is 1.23. The molecule has 0 bridgehead atoms. The molecule has 27 heavy (non-hydrogen) atoms. The summed E-state index contributed by atoms with van der Waals surface area (Å²) in [6.45, 7) is 1.31. The number of carbonyl (C=O) groups excluding carboxylic acids is 3. The fourth-order valence-corrected chi connectivity index (χ4v) is 4.16. The minimum Gasteiger partial charge on any atom is -0.353 e. The number of amides is 4. The van der Waals surface area contributed by atoms with Crippen LogP contribution in [0.25, 0.3) is 0 Å². The molecule has 1 aromatic heterocycles. The molecule has 3 heterocycles. The number of thiophene rings is 1. The molecule has 4 amide bonds. The Morgan fingerprint density at radius 3 is 3.04 bits per heavy atom. The van der Waals surface area contributed by atoms with Gasteiger partial charge in [0.05, 0.1) is 18.3 Å². The first-order valence-corrected chi connectivity index (χ1v) is 9.84. The lowest BCUT2D eigenvalue weighted by atomic mass is 10.0. The maximum absolute atomic E-state index is 12.2. The van der Waals surface area contributed by atoms with Crippen LogP contribution in [0.5, 0.6) is 0 Å². The van der Waals surface area contributed by atoms with Gasteiger partial charge in [-0.1, -0.05) is 5.92 Å². The highest BCUT2D eigenvalue weighted by Crippen LogP contribution is 2.26. The smallest absolute Gasteiger partial charge is 0.319 e. The van der Waals surface area contributed by atoms with E-state index >= 15 is 0 Å². The third-order valence-corrected chi connectivity index (χ3v) is 5.51. The quantitative estimate of drug-likeness (QED) is 0.527. The average molecular weight is 389 g/mol. The molecule has 9 heteroatoms. The summed E-state index contributed by atoms with van der Waals surface area (Å²) < 4.78 is 0. The number of rotatable bonds is 6. The van der Waals surface area contributed by atoms with Crippen LogP contribution >= 0.6 is 11.3 Å². The largest absolute Gasteiger partial charge is 0.353 e. The molecule has 0 spiro atoms. The molecule has 3 atom stereocenters. The second kappa shape index (κ2) is 8.88. The zero-order chi connectivity index (χ0) is 19.2. The van der Waals surface area contributed by atoms with Gasteiger partial charge in [-0.25, -0.2) is 4.79 Å². The molecule has 2 aliphatic heterocycles. The Morgan fingerprint density at radius 1 is 1.44 bits per heavy atom. The lowest BCUT2D eigenvalue weighted by molar-refractivity contribution is -0.129. The summed E-state index contributed by atoms with van der Waals surface area (Å²) in [4.78, 5) is 38.2. The first kappa shape index (κ1) is 19.2. The van der Waals surface area contributed by atoms with Gasteiger partial charge in [0.15, 0.2) is 0 Å². The van der Waals surface area contributed by atoms with E-state index in [4.69, 9.17) is 6.42 Å². The molecular weight excluding hydrogens is 366 g/mol.